The molecular formula is C14H17F3OS2. The summed E-state index contributed by atoms with van der Waals surface area (Å²) in [5, 5.41) is 10.1. The number of thiocarbonyl (C=S) groups is 1. The largest absolute Gasteiger partial charge is 0.416 e. The lowest BCUT2D eigenvalue weighted by Gasteiger charge is -2.20. The number of benzene rings is 1. The van der Waals surface area contributed by atoms with E-state index >= 15 is 0 Å². The third-order valence-electron chi connectivity index (χ3n) is 3.02. The summed E-state index contributed by atoms with van der Waals surface area (Å²) in [4.78, 5) is 0. The lowest BCUT2D eigenvalue weighted by atomic mass is 9.93. The molecule has 0 unspecified atom stereocenters. The van der Waals surface area contributed by atoms with E-state index in [4.69, 9.17) is 12.2 Å². The quantitative estimate of drug-likeness (QED) is 0.798. The monoisotopic (exact) mass is 322 g/mol. The van der Waals surface area contributed by atoms with Crippen LogP contribution in [0.15, 0.2) is 24.3 Å². The second kappa shape index (κ2) is 7.43. The number of rotatable bonds is 5. The highest BCUT2D eigenvalue weighted by atomic mass is 32.2. The molecule has 1 N–H and O–H groups in total. The second-order valence-corrected chi connectivity index (χ2v) is 6.59. The average Bonchev–Trinajstić information content (AvgIpc) is 2.37. The van der Waals surface area contributed by atoms with Crippen LogP contribution in [0.25, 0.3) is 0 Å². The fourth-order valence-electron chi connectivity index (χ4n) is 1.77. The van der Waals surface area contributed by atoms with Crippen molar-refractivity contribution in [1.82, 2.24) is 0 Å². The van der Waals surface area contributed by atoms with Crippen LogP contribution in [0.1, 0.15) is 37.3 Å². The summed E-state index contributed by atoms with van der Waals surface area (Å²) in [5.41, 5.74) is -0.00482. The van der Waals surface area contributed by atoms with Gasteiger partial charge in [0.15, 0.2) is 0 Å². The maximum atomic E-state index is 12.5. The van der Waals surface area contributed by atoms with Crippen molar-refractivity contribution in [2.24, 2.45) is 0 Å². The molecule has 0 bridgehead atoms. The number of hydrogen-bond donors (Lipinski definition) is 1. The van der Waals surface area contributed by atoms with Crippen LogP contribution >= 0.6 is 24.0 Å². The first kappa shape index (κ1) is 17.5. The van der Waals surface area contributed by atoms with Crippen LogP contribution in [-0.4, -0.2) is 21.2 Å². The zero-order valence-corrected chi connectivity index (χ0v) is 12.9. The summed E-state index contributed by atoms with van der Waals surface area (Å²) in [6.07, 6.45) is -4.64. The maximum Gasteiger partial charge on any atom is 0.416 e. The van der Waals surface area contributed by atoms with E-state index < -0.39 is 17.8 Å². The van der Waals surface area contributed by atoms with E-state index in [1.165, 1.54) is 23.9 Å². The smallest absolute Gasteiger partial charge is 0.392 e. The molecule has 6 heteroatoms. The van der Waals surface area contributed by atoms with Crippen LogP contribution in [0.4, 0.5) is 13.2 Å². The number of aliphatic hydroxyl groups excluding tert-OH is 1. The molecule has 1 rings (SSSR count). The summed E-state index contributed by atoms with van der Waals surface area (Å²) in [7, 11) is 0. The van der Waals surface area contributed by atoms with Gasteiger partial charge < -0.3 is 5.11 Å². The van der Waals surface area contributed by atoms with E-state index in [1.54, 1.807) is 6.92 Å². The molecule has 1 aromatic rings. The third kappa shape index (κ3) is 5.07. The molecule has 1 aromatic carbocycles. The highest BCUT2D eigenvalue weighted by Crippen LogP contribution is 2.31. The summed E-state index contributed by atoms with van der Waals surface area (Å²) < 4.78 is 38.1. The molecule has 0 heterocycles. The van der Waals surface area contributed by atoms with Gasteiger partial charge in [0.25, 0.3) is 0 Å². The van der Waals surface area contributed by atoms with Crippen molar-refractivity contribution in [1.29, 1.82) is 0 Å². The zero-order valence-electron chi connectivity index (χ0n) is 11.3. The van der Waals surface area contributed by atoms with Gasteiger partial charge in [0.2, 0.25) is 0 Å². The second-order valence-electron chi connectivity index (χ2n) is 4.48. The Hall–Kier alpha value is -0.590. The Labute approximate surface area is 126 Å². The normalized spacial score (nSPS) is 14.9. The highest BCUT2D eigenvalue weighted by Gasteiger charge is 2.30. The molecule has 0 amide bonds. The standard InChI is InChI=1S/C14H17F3OS2/c1-3-20-13(19)8-12(18)9(2)10-4-6-11(7-5-10)14(15,16)17/h4-7,9,12,18H,3,8H2,1-2H3/t9-,12+/m1/s1. The topological polar surface area (TPSA) is 20.2 Å². The molecule has 0 aliphatic carbocycles. The van der Waals surface area contributed by atoms with E-state index in [1.807, 2.05) is 6.92 Å². The van der Waals surface area contributed by atoms with Gasteiger partial charge in [0, 0.05) is 12.3 Å². The molecule has 20 heavy (non-hydrogen) atoms. The Morgan fingerprint density at radius 3 is 2.30 bits per heavy atom. The van der Waals surface area contributed by atoms with E-state index in [2.05, 4.69) is 0 Å². The van der Waals surface area contributed by atoms with Gasteiger partial charge in [0.1, 0.15) is 0 Å². The fourth-order valence-corrected chi connectivity index (χ4v) is 2.90. The number of alkyl halides is 3. The van der Waals surface area contributed by atoms with Crippen LogP contribution in [0, 0.1) is 0 Å². The molecule has 2 atom stereocenters. The van der Waals surface area contributed by atoms with Gasteiger partial charge in [-0.05, 0) is 23.4 Å². The van der Waals surface area contributed by atoms with Crippen molar-refractivity contribution < 1.29 is 18.3 Å². The van der Waals surface area contributed by atoms with Crippen molar-refractivity contribution >= 4 is 28.2 Å². The fraction of sp³-hybridized carbons (Fsp3) is 0.500. The number of aliphatic hydroxyl groups is 1. The first-order chi connectivity index (χ1) is 9.25. The average molecular weight is 322 g/mol. The molecule has 0 aliphatic rings. The highest BCUT2D eigenvalue weighted by molar-refractivity contribution is 8.23. The Morgan fingerprint density at radius 2 is 1.85 bits per heavy atom. The number of thioether (sulfide) groups is 1. The van der Waals surface area contributed by atoms with Gasteiger partial charge in [-0.15, -0.1) is 11.8 Å². The predicted molar refractivity (Wildman–Crippen MR) is 81.2 cm³/mol. The molecular weight excluding hydrogens is 305 g/mol. The molecule has 0 aromatic heterocycles. The molecule has 0 saturated heterocycles. The lowest BCUT2D eigenvalue weighted by Crippen LogP contribution is -2.18. The van der Waals surface area contributed by atoms with Gasteiger partial charge >= 0.3 is 6.18 Å². The lowest BCUT2D eigenvalue weighted by molar-refractivity contribution is -0.137. The first-order valence-corrected chi connectivity index (χ1v) is 7.66. The SMILES string of the molecule is CCSC(=S)C[C@H](O)[C@H](C)c1ccc(C(F)(F)F)cc1. The zero-order chi connectivity index (χ0) is 15.3. The molecule has 0 saturated carbocycles. The Morgan fingerprint density at radius 1 is 1.30 bits per heavy atom. The molecule has 0 spiro atoms. The van der Waals surface area contributed by atoms with Gasteiger partial charge in [-0.3, -0.25) is 0 Å². The van der Waals surface area contributed by atoms with Crippen LogP contribution in [0.2, 0.25) is 0 Å². The number of halogens is 3. The van der Waals surface area contributed by atoms with Crippen LogP contribution < -0.4 is 0 Å². The molecule has 0 aliphatic heterocycles. The first-order valence-electron chi connectivity index (χ1n) is 6.26. The van der Waals surface area contributed by atoms with Crippen molar-refractivity contribution in [3.05, 3.63) is 35.4 Å². The van der Waals surface area contributed by atoms with Gasteiger partial charge in [0.05, 0.1) is 15.9 Å². The maximum absolute atomic E-state index is 12.5. The number of hydrogen-bond acceptors (Lipinski definition) is 3. The van der Waals surface area contributed by atoms with Crippen molar-refractivity contribution in [2.45, 2.75) is 38.5 Å². The van der Waals surface area contributed by atoms with Crippen molar-refractivity contribution in [3.63, 3.8) is 0 Å². The molecule has 0 fully saturated rings. The molecule has 1 nitrogen and oxygen atoms in total. The van der Waals surface area contributed by atoms with Crippen LogP contribution in [0.5, 0.6) is 0 Å². The van der Waals surface area contributed by atoms with Crippen LogP contribution in [0.3, 0.4) is 0 Å². The van der Waals surface area contributed by atoms with Gasteiger partial charge in [-0.25, -0.2) is 0 Å². The minimum atomic E-state index is -4.33. The summed E-state index contributed by atoms with van der Waals surface area (Å²) in [5.74, 6) is 0.591. The van der Waals surface area contributed by atoms with Crippen molar-refractivity contribution in [2.75, 3.05) is 5.75 Å². The van der Waals surface area contributed by atoms with E-state index in [-0.39, 0.29) is 5.92 Å². The molecule has 112 valence electrons. The minimum absolute atomic E-state index is 0.257. The van der Waals surface area contributed by atoms with E-state index in [0.29, 0.717) is 12.0 Å². The van der Waals surface area contributed by atoms with Crippen molar-refractivity contribution in [3.8, 4) is 0 Å². The molecule has 0 radical (unpaired) electrons. The third-order valence-corrected chi connectivity index (χ3v) is 4.32. The summed E-state index contributed by atoms with van der Waals surface area (Å²) >= 11 is 6.62. The van der Waals surface area contributed by atoms with E-state index in [9.17, 15) is 18.3 Å². The van der Waals surface area contributed by atoms with Gasteiger partial charge in [-0.2, -0.15) is 13.2 Å². The summed E-state index contributed by atoms with van der Waals surface area (Å²) in [6, 6.07) is 4.90. The Kier molecular flexibility index (Phi) is 6.48. The Balaban J connectivity index is 2.72. The van der Waals surface area contributed by atoms with Crippen LogP contribution in [-0.2, 0) is 6.18 Å². The summed E-state index contributed by atoms with van der Waals surface area (Å²) in [6.45, 7) is 3.76. The van der Waals surface area contributed by atoms with Gasteiger partial charge in [-0.1, -0.05) is 38.2 Å². The minimum Gasteiger partial charge on any atom is -0.392 e. The van der Waals surface area contributed by atoms with E-state index in [0.717, 1.165) is 22.1 Å². The predicted octanol–water partition coefficient (Wildman–Crippen LogP) is 4.64. The Bertz CT molecular complexity index is 443.